The summed E-state index contributed by atoms with van der Waals surface area (Å²) in [5, 5.41) is 2.65. The number of rotatable bonds is 6. The van der Waals surface area contributed by atoms with E-state index >= 15 is 0 Å². The lowest BCUT2D eigenvalue weighted by Crippen LogP contribution is -2.45. The molecule has 31 heavy (non-hydrogen) atoms. The lowest BCUT2D eigenvalue weighted by Gasteiger charge is -2.35. The number of benzene rings is 1. The van der Waals surface area contributed by atoms with Crippen molar-refractivity contribution in [2.24, 2.45) is 16.6 Å². The number of aliphatic imine (C=N–C) groups is 1. The molecule has 0 saturated carbocycles. The number of fused-ring (bicyclic) bond motifs is 1. The van der Waals surface area contributed by atoms with Gasteiger partial charge in [0.2, 0.25) is 5.88 Å². The second kappa shape index (κ2) is 8.42. The molecule has 9 nitrogen and oxygen atoms in total. The Morgan fingerprint density at radius 3 is 2.94 bits per heavy atom. The van der Waals surface area contributed by atoms with E-state index in [1.807, 2.05) is 0 Å². The van der Waals surface area contributed by atoms with E-state index in [0.29, 0.717) is 18.2 Å². The number of ether oxygens (including phenoxy) is 3. The Bertz CT molecular complexity index is 1000. The van der Waals surface area contributed by atoms with Crippen molar-refractivity contribution in [1.82, 2.24) is 9.97 Å². The Kier molecular flexibility index (Phi) is 5.68. The summed E-state index contributed by atoms with van der Waals surface area (Å²) >= 11 is 0. The number of hydrogen-bond donors (Lipinski definition) is 2. The van der Waals surface area contributed by atoms with Gasteiger partial charge >= 0.3 is 0 Å². The zero-order chi connectivity index (χ0) is 22.0. The number of carbonyl (C=O) groups excluding carboxylic acids is 1. The van der Waals surface area contributed by atoms with Crippen molar-refractivity contribution in [3.8, 4) is 5.88 Å². The Labute approximate surface area is 176 Å². The fourth-order valence-electron chi connectivity index (χ4n) is 3.80. The second-order valence-corrected chi connectivity index (χ2v) is 7.12. The van der Waals surface area contributed by atoms with Gasteiger partial charge in [-0.2, -0.15) is 0 Å². The molecule has 2 aromatic rings. The van der Waals surface area contributed by atoms with Crippen LogP contribution in [0, 0.1) is 11.7 Å². The summed E-state index contributed by atoms with van der Waals surface area (Å²) in [5.41, 5.74) is 4.98. The molecule has 3 unspecified atom stereocenters. The van der Waals surface area contributed by atoms with Crippen LogP contribution < -0.4 is 15.8 Å². The van der Waals surface area contributed by atoms with E-state index in [1.54, 1.807) is 6.92 Å². The summed E-state index contributed by atoms with van der Waals surface area (Å²) in [6.07, 6.45) is 1.82. The lowest BCUT2D eigenvalue weighted by molar-refractivity contribution is 0.0528. The van der Waals surface area contributed by atoms with Gasteiger partial charge in [-0.25, -0.2) is 23.7 Å². The Hall–Kier alpha value is -3.34. The van der Waals surface area contributed by atoms with Crippen LogP contribution in [0.15, 0.2) is 35.6 Å². The Balaban J connectivity index is 1.63. The molecular weight excluding hydrogens is 412 g/mol. The van der Waals surface area contributed by atoms with Crippen molar-refractivity contribution in [2.45, 2.75) is 18.6 Å². The molecule has 164 valence electrons. The van der Waals surface area contributed by atoms with E-state index in [0.717, 1.165) is 0 Å². The molecule has 1 saturated heterocycles. The van der Waals surface area contributed by atoms with Crippen molar-refractivity contribution in [2.75, 3.05) is 31.8 Å². The quantitative estimate of drug-likeness (QED) is 0.712. The van der Waals surface area contributed by atoms with Crippen LogP contribution in [0.3, 0.4) is 0 Å². The van der Waals surface area contributed by atoms with E-state index in [9.17, 15) is 13.6 Å². The third kappa shape index (κ3) is 3.88. The van der Waals surface area contributed by atoms with Crippen molar-refractivity contribution < 1.29 is 27.8 Å². The van der Waals surface area contributed by atoms with Crippen LogP contribution in [0.5, 0.6) is 5.88 Å². The predicted octanol–water partition coefficient (Wildman–Crippen LogP) is 1.79. The maximum Gasteiger partial charge on any atom is 0.282 e. The van der Waals surface area contributed by atoms with Gasteiger partial charge in [-0.15, -0.1) is 0 Å². The van der Waals surface area contributed by atoms with Gasteiger partial charge < -0.3 is 25.3 Å². The van der Waals surface area contributed by atoms with Crippen molar-refractivity contribution in [3.63, 3.8) is 0 Å². The summed E-state index contributed by atoms with van der Waals surface area (Å²) < 4.78 is 44.3. The first-order valence-electron chi connectivity index (χ1n) is 9.68. The number of nitrogens with one attached hydrogen (secondary N) is 1. The maximum atomic E-state index is 14.9. The van der Waals surface area contributed by atoms with Crippen LogP contribution in [0.4, 0.5) is 14.5 Å². The lowest BCUT2D eigenvalue weighted by atomic mass is 9.78. The highest BCUT2D eigenvalue weighted by molar-refractivity contribution is 6.02. The summed E-state index contributed by atoms with van der Waals surface area (Å²) in [7, 11) is 0. The van der Waals surface area contributed by atoms with Gasteiger partial charge in [0.05, 0.1) is 44.2 Å². The number of amides is 1. The summed E-state index contributed by atoms with van der Waals surface area (Å²) in [6.45, 7) is 1.45. The van der Waals surface area contributed by atoms with E-state index in [-0.39, 0.29) is 30.5 Å². The van der Waals surface area contributed by atoms with Crippen LogP contribution in [0.25, 0.3) is 0 Å². The Morgan fingerprint density at radius 2 is 2.23 bits per heavy atom. The third-order valence-electron chi connectivity index (χ3n) is 5.30. The standard InChI is InChI=1S/C20H21F2N5O4/c1-2-29-17-8-24-15(7-25-17)18(28)26-11-3-4-14(22)12(5-11)20-10-31-16(6-21)13(20)9-30-19(23)27-20/h3-5,7-8,13,16H,2,6,9-10H2,1H3,(H2,23,27)(H,26,28). The predicted molar refractivity (Wildman–Crippen MR) is 106 cm³/mol. The maximum absolute atomic E-state index is 14.9. The topological polar surface area (TPSA) is 121 Å². The average Bonchev–Trinajstić information content (AvgIpc) is 3.14. The minimum absolute atomic E-state index is 0.0434. The van der Waals surface area contributed by atoms with Crippen LogP contribution in [0.1, 0.15) is 23.0 Å². The number of halogens is 2. The largest absolute Gasteiger partial charge is 0.477 e. The molecule has 11 heteroatoms. The summed E-state index contributed by atoms with van der Waals surface area (Å²) in [5.74, 6) is -1.39. The molecule has 1 aromatic heterocycles. The van der Waals surface area contributed by atoms with Crippen LogP contribution in [0.2, 0.25) is 0 Å². The van der Waals surface area contributed by atoms with E-state index in [2.05, 4.69) is 20.3 Å². The van der Waals surface area contributed by atoms with Gasteiger partial charge in [-0.05, 0) is 25.1 Å². The molecule has 4 rings (SSSR count). The molecule has 0 spiro atoms. The molecule has 3 N–H and O–H groups in total. The number of anilines is 1. The average molecular weight is 433 g/mol. The zero-order valence-corrected chi connectivity index (χ0v) is 16.7. The zero-order valence-electron chi connectivity index (χ0n) is 16.7. The van der Waals surface area contributed by atoms with E-state index < -0.39 is 36.0 Å². The first kappa shape index (κ1) is 20.9. The summed E-state index contributed by atoms with van der Waals surface area (Å²) in [6, 6.07) is 3.91. The van der Waals surface area contributed by atoms with Crippen molar-refractivity contribution in [1.29, 1.82) is 0 Å². The smallest absolute Gasteiger partial charge is 0.282 e. The number of nitrogens with zero attached hydrogens (tertiary/aromatic N) is 3. The molecule has 1 fully saturated rings. The number of amidine groups is 1. The number of nitrogens with two attached hydrogens (primary N) is 1. The number of alkyl halides is 1. The second-order valence-electron chi connectivity index (χ2n) is 7.12. The van der Waals surface area contributed by atoms with Gasteiger partial charge in [0.25, 0.3) is 11.9 Å². The number of aromatic nitrogens is 2. The normalized spacial score (nSPS) is 24.7. The molecule has 1 aromatic carbocycles. The monoisotopic (exact) mass is 433 g/mol. The molecule has 0 bridgehead atoms. The van der Waals surface area contributed by atoms with Gasteiger partial charge in [0, 0.05) is 11.3 Å². The molecule has 2 aliphatic rings. The molecule has 0 radical (unpaired) electrons. The molecule has 2 aliphatic heterocycles. The summed E-state index contributed by atoms with van der Waals surface area (Å²) in [4.78, 5) is 24.9. The minimum Gasteiger partial charge on any atom is -0.477 e. The van der Waals surface area contributed by atoms with Crippen molar-refractivity contribution >= 4 is 17.6 Å². The van der Waals surface area contributed by atoms with Crippen LogP contribution >= 0.6 is 0 Å². The molecule has 3 heterocycles. The highest BCUT2D eigenvalue weighted by atomic mass is 19.1. The van der Waals surface area contributed by atoms with Crippen LogP contribution in [-0.4, -0.2) is 54.5 Å². The van der Waals surface area contributed by atoms with E-state index in [1.165, 1.54) is 30.6 Å². The molecular formula is C20H21F2N5O4. The molecule has 3 atom stereocenters. The van der Waals surface area contributed by atoms with Gasteiger partial charge in [-0.1, -0.05) is 0 Å². The van der Waals surface area contributed by atoms with Crippen molar-refractivity contribution in [3.05, 3.63) is 47.7 Å². The van der Waals surface area contributed by atoms with Crippen LogP contribution in [-0.2, 0) is 15.0 Å². The Morgan fingerprint density at radius 1 is 1.39 bits per heavy atom. The highest BCUT2D eigenvalue weighted by Crippen LogP contribution is 2.46. The minimum atomic E-state index is -1.25. The van der Waals surface area contributed by atoms with Gasteiger partial charge in [0.1, 0.15) is 23.7 Å². The number of hydrogen-bond acceptors (Lipinski definition) is 8. The highest BCUT2D eigenvalue weighted by Gasteiger charge is 2.55. The fraction of sp³-hybridized carbons (Fsp3) is 0.400. The first-order chi connectivity index (χ1) is 15.0. The first-order valence-corrected chi connectivity index (χ1v) is 9.68. The van der Waals surface area contributed by atoms with Gasteiger partial charge in [0.15, 0.2) is 0 Å². The number of carbonyl (C=O) groups is 1. The van der Waals surface area contributed by atoms with E-state index in [4.69, 9.17) is 19.9 Å². The SMILES string of the molecule is CCOc1cnc(C(=O)Nc2ccc(F)c(C34COC(CF)C3COC(N)=N4)c2)cn1. The third-order valence-corrected chi connectivity index (χ3v) is 5.30. The molecule has 1 amide bonds. The van der Waals surface area contributed by atoms with Gasteiger partial charge in [-0.3, -0.25) is 4.79 Å². The molecule has 0 aliphatic carbocycles. The fourth-order valence-corrected chi connectivity index (χ4v) is 3.80.